The van der Waals surface area contributed by atoms with Crippen molar-refractivity contribution in [1.82, 2.24) is 15.6 Å². The van der Waals surface area contributed by atoms with Crippen LogP contribution >= 0.6 is 0 Å². The maximum atomic E-state index is 8.57. The Hall–Kier alpha value is -1.44. The van der Waals surface area contributed by atoms with Crippen molar-refractivity contribution in [2.24, 2.45) is 0 Å². The number of rotatable bonds is 1. The number of aromatic nitrogens is 1. The maximum Gasteiger partial charge on any atom is 0.101 e. The SMILES string of the molecule is N#Cc1ccc(C2NCCN2)nc1. The van der Waals surface area contributed by atoms with E-state index in [0.717, 1.165) is 18.8 Å². The summed E-state index contributed by atoms with van der Waals surface area (Å²) in [7, 11) is 0. The molecule has 0 bridgehead atoms. The lowest BCUT2D eigenvalue weighted by Gasteiger charge is -2.08. The van der Waals surface area contributed by atoms with Gasteiger partial charge in [0.05, 0.1) is 11.3 Å². The van der Waals surface area contributed by atoms with Crippen LogP contribution in [0.1, 0.15) is 17.4 Å². The average molecular weight is 174 g/mol. The molecule has 1 fully saturated rings. The Morgan fingerprint density at radius 2 is 2.15 bits per heavy atom. The van der Waals surface area contributed by atoms with Crippen molar-refractivity contribution in [1.29, 1.82) is 5.26 Å². The molecule has 0 radical (unpaired) electrons. The van der Waals surface area contributed by atoms with Gasteiger partial charge in [-0.25, -0.2) is 0 Å². The van der Waals surface area contributed by atoms with Crippen LogP contribution < -0.4 is 10.6 Å². The monoisotopic (exact) mass is 174 g/mol. The Morgan fingerprint density at radius 3 is 2.69 bits per heavy atom. The number of nitrogens with zero attached hydrogens (tertiary/aromatic N) is 2. The van der Waals surface area contributed by atoms with E-state index >= 15 is 0 Å². The highest BCUT2D eigenvalue weighted by atomic mass is 15.2. The lowest BCUT2D eigenvalue weighted by atomic mass is 10.2. The molecule has 1 aliphatic rings. The second-order valence-corrected chi connectivity index (χ2v) is 2.92. The van der Waals surface area contributed by atoms with Crippen LogP contribution in [0, 0.1) is 11.3 Å². The minimum atomic E-state index is 0.146. The summed E-state index contributed by atoms with van der Waals surface area (Å²) < 4.78 is 0. The predicted molar refractivity (Wildman–Crippen MR) is 47.7 cm³/mol. The average Bonchev–Trinajstić information content (AvgIpc) is 2.71. The first-order valence-corrected chi connectivity index (χ1v) is 4.23. The van der Waals surface area contributed by atoms with Gasteiger partial charge in [-0.1, -0.05) is 0 Å². The summed E-state index contributed by atoms with van der Waals surface area (Å²) in [6.07, 6.45) is 1.74. The highest BCUT2D eigenvalue weighted by Crippen LogP contribution is 2.09. The lowest BCUT2D eigenvalue weighted by molar-refractivity contribution is 0.571. The molecule has 4 nitrogen and oxygen atoms in total. The molecular weight excluding hydrogens is 164 g/mol. The normalized spacial score (nSPS) is 17.2. The first kappa shape index (κ1) is 8.17. The van der Waals surface area contributed by atoms with Crippen molar-refractivity contribution < 1.29 is 0 Å². The summed E-state index contributed by atoms with van der Waals surface area (Å²) in [5.74, 6) is 0. The maximum absolute atomic E-state index is 8.57. The molecular formula is C9H10N4. The number of nitriles is 1. The lowest BCUT2D eigenvalue weighted by Crippen LogP contribution is -2.22. The molecule has 0 atom stereocenters. The molecule has 0 unspecified atom stereocenters. The van der Waals surface area contributed by atoms with Gasteiger partial charge in [0.25, 0.3) is 0 Å². The molecule has 1 aromatic rings. The third kappa shape index (κ3) is 1.66. The van der Waals surface area contributed by atoms with Gasteiger partial charge in [-0.15, -0.1) is 0 Å². The van der Waals surface area contributed by atoms with E-state index in [1.165, 1.54) is 0 Å². The molecule has 2 N–H and O–H groups in total. The summed E-state index contributed by atoms with van der Waals surface area (Å²) in [4.78, 5) is 4.18. The van der Waals surface area contributed by atoms with E-state index in [4.69, 9.17) is 5.26 Å². The Bertz CT molecular complexity index is 318. The number of hydrogen-bond acceptors (Lipinski definition) is 4. The van der Waals surface area contributed by atoms with Gasteiger partial charge in [0.1, 0.15) is 12.2 Å². The van der Waals surface area contributed by atoms with Crippen LogP contribution in [0.3, 0.4) is 0 Å². The van der Waals surface area contributed by atoms with Crippen molar-refractivity contribution in [3.05, 3.63) is 29.6 Å². The van der Waals surface area contributed by atoms with Crippen molar-refractivity contribution in [2.45, 2.75) is 6.17 Å². The van der Waals surface area contributed by atoms with Gasteiger partial charge in [0.15, 0.2) is 0 Å². The van der Waals surface area contributed by atoms with Crippen molar-refractivity contribution in [2.75, 3.05) is 13.1 Å². The highest BCUT2D eigenvalue weighted by Gasteiger charge is 2.15. The van der Waals surface area contributed by atoms with Gasteiger partial charge in [0.2, 0.25) is 0 Å². The quantitative estimate of drug-likeness (QED) is 0.636. The van der Waals surface area contributed by atoms with Crippen LogP contribution in [-0.2, 0) is 0 Å². The molecule has 4 heteroatoms. The molecule has 0 aromatic carbocycles. The van der Waals surface area contributed by atoms with Crippen LogP contribution in [0.25, 0.3) is 0 Å². The third-order valence-corrected chi connectivity index (χ3v) is 2.03. The second-order valence-electron chi connectivity index (χ2n) is 2.92. The molecule has 0 saturated carbocycles. The molecule has 0 amide bonds. The molecule has 0 spiro atoms. The van der Waals surface area contributed by atoms with E-state index < -0.39 is 0 Å². The molecule has 0 aliphatic carbocycles. The second kappa shape index (κ2) is 3.52. The molecule has 66 valence electrons. The predicted octanol–water partition coefficient (Wildman–Crippen LogP) is 0.145. The fourth-order valence-corrected chi connectivity index (χ4v) is 1.36. The first-order valence-electron chi connectivity index (χ1n) is 4.23. The van der Waals surface area contributed by atoms with Crippen LogP contribution in [0.5, 0.6) is 0 Å². The molecule has 1 saturated heterocycles. The highest BCUT2D eigenvalue weighted by molar-refractivity contribution is 5.27. The Labute approximate surface area is 76.6 Å². The fraction of sp³-hybridized carbons (Fsp3) is 0.333. The Balaban J connectivity index is 2.18. The van der Waals surface area contributed by atoms with Gasteiger partial charge in [-0.3, -0.25) is 15.6 Å². The topological polar surface area (TPSA) is 60.7 Å². The summed E-state index contributed by atoms with van der Waals surface area (Å²) in [6, 6.07) is 5.69. The molecule has 1 aromatic heterocycles. The van der Waals surface area contributed by atoms with Gasteiger partial charge in [0, 0.05) is 19.3 Å². The molecule has 13 heavy (non-hydrogen) atoms. The van der Waals surface area contributed by atoms with Gasteiger partial charge < -0.3 is 0 Å². The fourth-order valence-electron chi connectivity index (χ4n) is 1.36. The van der Waals surface area contributed by atoms with E-state index in [1.807, 2.05) is 12.1 Å². The molecule has 1 aliphatic heterocycles. The van der Waals surface area contributed by atoms with Gasteiger partial charge in [-0.05, 0) is 12.1 Å². The standard InChI is InChI=1S/C9H10N4/c10-5-7-1-2-8(13-6-7)9-11-3-4-12-9/h1-2,6,9,11-12H,3-4H2. The van der Waals surface area contributed by atoms with E-state index in [0.29, 0.717) is 5.56 Å². The minimum Gasteiger partial charge on any atom is -0.296 e. The van der Waals surface area contributed by atoms with Crippen molar-refractivity contribution >= 4 is 0 Å². The van der Waals surface area contributed by atoms with Crippen LogP contribution in [-0.4, -0.2) is 18.1 Å². The Kier molecular flexibility index (Phi) is 2.21. The first-order chi connectivity index (χ1) is 6.40. The third-order valence-electron chi connectivity index (χ3n) is 2.03. The van der Waals surface area contributed by atoms with E-state index in [9.17, 15) is 0 Å². The summed E-state index contributed by atoms with van der Waals surface area (Å²) in [6.45, 7) is 1.93. The summed E-state index contributed by atoms with van der Waals surface area (Å²) in [5.41, 5.74) is 1.54. The van der Waals surface area contributed by atoms with Crippen LogP contribution in [0.15, 0.2) is 18.3 Å². The smallest absolute Gasteiger partial charge is 0.101 e. The molecule has 2 heterocycles. The number of hydrogen-bond donors (Lipinski definition) is 2. The van der Waals surface area contributed by atoms with E-state index in [1.54, 1.807) is 12.3 Å². The van der Waals surface area contributed by atoms with Crippen molar-refractivity contribution in [3.63, 3.8) is 0 Å². The zero-order valence-electron chi connectivity index (χ0n) is 7.12. The van der Waals surface area contributed by atoms with E-state index in [2.05, 4.69) is 15.6 Å². The zero-order valence-corrected chi connectivity index (χ0v) is 7.12. The van der Waals surface area contributed by atoms with Crippen LogP contribution in [0.4, 0.5) is 0 Å². The number of nitrogens with one attached hydrogen (secondary N) is 2. The zero-order chi connectivity index (χ0) is 9.10. The van der Waals surface area contributed by atoms with E-state index in [-0.39, 0.29) is 6.17 Å². The Morgan fingerprint density at radius 1 is 1.38 bits per heavy atom. The minimum absolute atomic E-state index is 0.146. The summed E-state index contributed by atoms with van der Waals surface area (Å²) >= 11 is 0. The van der Waals surface area contributed by atoms with Crippen molar-refractivity contribution in [3.8, 4) is 6.07 Å². The van der Waals surface area contributed by atoms with Gasteiger partial charge in [-0.2, -0.15) is 5.26 Å². The largest absolute Gasteiger partial charge is 0.296 e. The van der Waals surface area contributed by atoms with Crippen LogP contribution in [0.2, 0.25) is 0 Å². The number of pyridine rings is 1. The van der Waals surface area contributed by atoms with Gasteiger partial charge >= 0.3 is 0 Å². The molecule has 2 rings (SSSR count). The summed E-state index contributed by atoms with van der Waals surface area (Å²) in [5, 5.41) is 15.1.